The average Bonchev–Trinajstić information content (AvgIpc) is 2.17. The molecule has 1 atom stereocenters. The van der Waals surface area contributed by atoms with Gasteiger partial charge in [-0.15, -0.1) is 0 Å². The third kappa shape index (κ3) is 3.64. The summed E-state index contributed by atoms with van der Waals surface area (Å²) in [7, 11) is 1.99. The van der Waals surface area contributed by atoms with E-state index in [0.717, 1.165) is 31.9 Å². The van der Waals surface area contributed by atoms with Crippen molar-refractivity contribution in [2.45, 2.75) is 32.9 Å². The number of hydrogen-bond acceptors (Lipinski definition) is 6. The first-order valence-corrected chi connectivity index (χ1v) is 7.24. The summed E-state index contributed by atoms with van der Waals surface area (Å²) < 4.78 is 0. The third-order valence-electron chi connectivity index (χ3n) is 3.58. The molecule has 0 aromatic rings. The van der Waals surface area contributed by atoms with Gasteiger partial charge in [0.2, 0.25) is 0 Å². The number of nitrogens with two attached hydrogens (primary N) is 2. The van der Waals surface area contributed by atoms with E-state index in [1.807, 2.05) is 13.1 Å². The van der Waals surface area contributed by atoms with Crippen molar-refractivity contribution >= 4 is 5.96 Å². The molecule has 0 radical (unpaired) electrons. The Kier molecular flexibility index (Phi) is 3.97. The van der Waals surface area contributed by atoms with Crippen molar-refractivity contribution in [2.24, 2.45) is 27.8 Å². The van der Waals surface area contributed by atoms with E-state index in [0.29, 0.717) is 11.9 Å². The first-order chi connectivity index (χ1) is 9.21. The van der Waals surface area contributed by atoms with Crippen molar-refractivity contribution in [3.8, 4) is 0 Å². The van der Waals surface area contributed by atoms with Gasteiger partial charge in [0, 0.05) is 25.6 Å². The molecule has 0 saturated carbocycles. The van der Waals surface area contributed by atoms with Crippen LogP contribution in [0.1, 0.15) is 27.2 Å². The van der Waals surface area contributed by atoms with Crippen LogP contribution in [0.5, 0.6) is 0 Å². The summed E-state index contributed by atoms with van der Waals surface area (Å²) in [6.45, 7) is 9.58. The van der Waals surface area contributed by atoms with Crippen LogP contribution in [0.15, 0.2) is 16.9 Å². The number of nitrogens with zero attached hydrogens (tertiary/aromatic N) is 2. The highest BCUT2D eigenvalue weighted by Gasteiger charge is 2.35. The molecular formula is C14H28N6. The molecular weight excluding hydrogens is 252 g/mol. The average molecular weight is 280 g/mol. The molecule has 0 aromatic heterocycles. The molecule has 0 aromatic carbocycles. The lowest BCUT2D eigenvalue weighted by molar-refractivity contribution is 0.133. The molecule has 1 saturated heterocycles. The molecule has 0 amide bonds. The first kappa shape index (κ1) is 15.1. The van der Waals surface area contributed by atoms with Crippen LogP contribution < -0.4 is 22.1 Å². The Morgan fingerprint density at radius 2 is 2.15 bits per heavy atom. The Hall–Kier alpha value is -1.27. The second kappa shape index (κ2) is 5.26. The van der Waals surface area contributed by atoms with Crippen molar-refractivity contribution in [1.29, 1.82) is 0 Å². The Labute approximate surface area is 121 Å². The van der Waals surface area contributed by atoms with Gasteiger partial charge in [-0.1, -0.05) is 20.8 Å². The van der Waals surface area contributed by atoms with Crippen molar-refractivity contribution < 1.29 is 0 Å². The number of nitrogens with one attached hydrogen (secondary N) is 2. The molecule has 2 aliphatic rings. The smallest absolute Gasteiger partial charge is 0.196 e. The Bertz CT molecular complexity index is 416. The van der Waals surface area contributed by atoms with Gasteiger partial charge in [-0.2, -0.15) is 0 Å². The Morgan fingerprint density at radius 1 is 1.50 bits per heavy atom. The SMILES string of the molecule is CNCC1CN(C2=CC(N)(CC(C)(C)C)N=C(N)N2)C1. The van der Waals surface area contributed by atoms with Gasteiger partial charge < -0.3 is 27.0 Å². The highest BCUT2D eigenvalue weighted by molar-refractivity contribution is 5.81. The summed E-state index contributed by atoms with van der Waals surface area (Å²) in [5.74, 6) is 2.10. The van der Waals surface area contributed by atoms with Crippen molar-refractivity contribution in [2.75, 3.05) is 26.7 Å². The monoisotopic (exact) mass is 280 g/mol. The van der Waals surface area contributed by atoms with E-state index in [4.69, 9.17) is 11.5 Å². The Morgan fingerprint density at radius 3 is 2.70 bits per heavy atom. The van der Waals surface area contributed by atoms with Crippen LogP contribution in [-0.4, -0.2) is 43.2 Å². The van der Waals surface area contributed by atoms with Crippen LogP contribution in [0.3, 0.4) is 0 Å². The highest BCUT2D eigenvalue weighted by atomic mass is 15.3. The molecule has 1 unspecified atom stereocenters. The molecule has 6 heteroatoms. The fourth-order valence-electron chi connectivity index (χ4n) is 2.98. The van der Waals surface area contributed by atoms with Gasteiger partial charge in [-0.3, -0.25) is 0 Å². The minimum absolute atomic E-state index is 0.0983. The summed E-state index contributed by atoms with van der Waals surface area (Å²) >= 11 is 0. The van der Waals surface area contributed by atoms with Gasteiger partial charge in [-0.25, -0.2) is 4.99 Å². The fourth-order valence-corrected chi connectivity index (χ4v) is 2.98. The summed E-state index contributed by atoms with van der Waals surface area (Å²) in [4.78, 5) is 6.66. The molecule has 2 aliphatic heterocycles. The Balaban J connectivity index is 2.05. The summed E-state index contributed by atoms with van der Waals surface area (Å²) in [5.41, 5.74) is 11.7. The number of hydrogen-bond donors (Lipinski definition) is 4. The molecule has 2 heterocycles. The van der Waals surface area contributed by atoms with Crippen LogP contribution >= 0.6 is 0 Å². The van der Waals surface area contributed by atoms with E-state index < -0.39 is 5.66 Å². The third-order valence-corrected chi connectivity index (χ3v) is 3.58. The lowest BCUT2D eigenvalue weighted by Gasteiger charge is -2.44. The van der Waals surface area contributed by atoms with E-state index in [1.54, 1.807) is 0 Å². The van der Waals surface area contributed by atoms with Crippen LogP contribution in [-0.2, 0) is 0 Å². The van der Waals surface area contributed by atoms with Gasteiger partial charge >= 0.3 is 0 Å². The number of likely N-dealkylation sites (tertiary alicyclic amines) is 1. The number of guanidine groups is 1. The number of aliphatic imine (C=N–C) groups is 1. The van der Waals surface area contributed by atoms with Gasteiger partial charge in [0.25, 0.3) is 0 Å². The molecule has 1 fully saturated rings. The predicted octanol–water partition coefficient (Wildman–Crippen LogP) is -0.0119. The standard InChI is InChI=1S/C14H28N6/c1-13(2,3)9-14(16)5-11(18-12(15)19-14)20-7-10(8-20)6-17-4/h5,10,17H,6-9,16H2,1-4H3,(H3,15,18,19). The normalized spacial score (nSPS) is 27.6. The zero-order chi connectivity index (χ0) is 15.0. The quantitative estimate of drug-likeness (QED) is 0.581. The largest absolute Gasteiger partial charge is 0.370 e. The maximum absolute atomic E-state index is 6.41. The van der Waals surface area contributed by atoms with E-state index in [-0.39, 0.29) is 5.41 Å². The van der Waals surface area contributed by atoms with Crippen LogP contribution in [0.4, 0.5) is 0 Å². The lowest BCUT2D eigenvalue weighted by atomic mass is 9.84. The number of rotatable bonds is 4. The van der Waals surface area contributed by atoms with E-state index in [1.165, 1.54) is 0 Å². The minimum Gasteiger partial charge on any atom is -0.370 e. The minimum atomic E-state index is -0.711. The van der Waals surface area contributed by atoms with E-state index in [2.05, 4.69) is 41.3 Å². The van der Waals surface area contributed by atoms with Gasteiger partial charge in [0.05, 0.1) is 0 Å². The van der Waals surface area contributed by atoms with Crippen molar-refractivity contribution in [3.05, 3.63) is 11.9 Å². The second-order valence-electron chi connectivity index (χ2n) is 7.21. The van der Waals surface area contributed by atoms with Crippen molar-refractivity contribution in [1.82, 2.24) is 15.5 Å². The predicted molar refractivity (Wildman–Crippen MR) is 82.8 cm³/mol. The summed E-state index contributed by atoms with van der Waals surface area (Å²) in [5, 5.41) is 6.35. The van der Waals surface area contributed by atoms with Gasteiger partial charge in [0.1, 0.15) is 11.5 Å². The highest BCUT2D eigenvalue weighted by Crippen LogP contribution is 2.31. The van der Waals surface area contributed by atoms with Crippen LogP contribution in [0, 0.1) is 11.3 Å². The molecule has 6 N–H and O–H groups in total. The van der Waals surface area contributed by atoms with E-state index >= 15 is 0 Å². The zero-order valence-electron chi connectivity index (χ0n) is 13.0. The molecule has 0 bridgehead atoms. The first-order valence-electron chi connectivity index (χ1n) is 7.24. The van der Waals surface area contributed by atoms with Gasteiger partial charge in [-0.05, 0) is 25.0 Å². The molecule has 0 aliphatic carbocycles. The summed E-state index contributed by atoms with van der Waals surface area (Å²) in [6.07, 6.45) is 2.78. The molecule has 2 rings (SSSR count). The van der Waals surface area contributed by atoms with Crippen molar-refractivity contribution in [3.63, 3.8) is 0 Å². The second-order valence-corrected chi connectivity index (χ2v) is 7.21. The van der Waals surface area contributed by atoms with Crippen LogP contribution in [0.2, 0.25) is 0 Å². The maximum atomic E-state index is 6.41. The topological polar surface area (TPSA) is 91.7 Å². The fraction of sp³-hybridized carbons (Fsp3) is 0.786. The molecule has 114 valence electrons. The molecule has 6 nitrogen and oxygen atoms in total. The molecule has 0 spiro atoms. The van der Waals surface area contributed by atoms with E-state index in [9.17, 15) is 0 Å². The van der Waals surface area contributed by atoms with Crippen LogP contribution in [0.25, 0.3) is 0 Å². The summed E-state index contributed by atoms with van der Waals surface area (Å²) in [6, 6.07) is 0. The lowest BCUT2D eigenvalue weighted by Crippen LogP contribution is -2.57. The zero-order valence-corrected chi connectivity index (χ0v) is 13.0. The maximum Gasteiger partial charge on any atom is 0.196 e. The molecule has 20 heavy (non-hydrogen) atoms. The van der Waals surface area contributed by atoms with Gasteiger partial charge in [0.15, 0.2) is 5.96 Å².